The fourth-order valence-corrected chi connectivity index (χ4v) is 1.75. The van der Waals surface area contributed by atoms with E-state index < -0.39 is 0 Å². The van der Waals surface area contributed by atoms with Crippen LogP contribution in [0, 0.1) is 0 Å². The average molecular weight is 282 g/mol. The quantitative estimate of drug-likeness (QED) is 0.357. The van der Waals surface area contributed by atoms with Crippen LogP contribution in [-0.4, -0.2) is 48.2 Å². The number of nitrogens with zero attached hydrogens (tertiary/aromatic N) is 3. The van der Waals surface area contributed by atoms with Crippen LogP contribution in [0.5, 0.6) is 5.75 Å². The lowest BCUT2D eigenvalue weighted by Crippen LogP contribution is -2.27. The molecule has 0 spiro atoms. The Morgan fingerprint density at radius 3 is 2.60 bits per heavy atom. The van der Waals surface area contributed by atoms with Gasteiger partial charge in [-0.2, -0.15) is 0 Å². The number of nitrogens with one attached hydrogen (secondary N) is 2. The van der Waals surface area contributed by atoms with E-state index in [1.807, 2.05) is 0 Å². The molecule has 0 unspecified atom stereocenters. The highest BCUT2D eigenvalue weighted by Gasteiger charge is 2.10. The fraction of sp³-hybridized carbons (Fsp3) is 0.692. The smallest absolute Gasteiger partial charge is 0.205 e. The monoisotopic (exact) mass is 282 g/mol. The van der Waals surface area contributed by atoms with Crippen molar-refractivity contribution in [2.75, 3.05) is 38.0 Å². The van der Waals surface area contributed by atoms with Gasteiger partial charge in [-0.15, -0.1) is 0 Å². The predicted octanol–water partition coefficient (Wildman–Crippen LogP) is 1.30. The summed E-state index contributed by atoms with van der Waals surface area (Å²) < 4.78 is 5.26. The van der Waals surface area contributed by atoms with E-state index >= 15 is 0 Å². The lowest BCUT2D eigenvalue weighted by atomic mass is 10.2. The minimum Gasteiger partial charge on any atom is -0.490 e. The summed E-state index contributed by atoms with van der Waals surface area (Å²) in [5.41, 5.74) is 2.49. The van der Waals surface area contributed by atoms with Crippen molar-refractivity contribution in [3.05, 3.63) is 6.33 Å². The second-order valence-corrected chi connectivity index (χ2v) is 4.96. The zero-order valence-corrected chi connectivity index (χ0v) is 12.8. The summed E-state index contributed by atoms with van der Waals surface area (Å²) in [6, 6.07) is 0.586. The van der Waals surface area contributed by atoms with Crippen molar-refractivity contribution in [1.82, 2.24) is 14.9 Å². The maximum atomic E-state index is 5.38. The Morgan fingerprint density at radius 1 is 1.30 bits per heavy atom. The van der Waals surface area contributed by atoms with Gasteiger partial charge in [0.1, 0.15) is 6.33 Å². The van der Waals surface area contributed by atoms with E-state index in [9.17, 15) is 0 Å². The number of aromatic nitrogens is 2. The summed E-state index contributed by atoms with van der Waals surface area (Å²) in [5, 5.41) is 3.25. The van der Waals surface area contributed by atoms with E-state index in [0.29, 0.717) is 23.4 Å². The molecule has 0 aliphatic heterocycles. The van der Waals surface area contributed by atoms with Crippen molar-refractivity contribution in [3.8, 4) is 5.75 Å². The Bertz CT molecular complexity index is 398. The molecule has 0 aliphatic carbocycles. The van der Waals surface area contributed by atoms with Gasteiger partial charge in [0, 0.05) is 12.6 Å². The highest BCUT2D eigenvalue weighted by molar-refractivity contribution is 5.62. The van der Waals surface area contributed by atoms with Crippen LogP contribution in [0.2, 0.25) is 0 Å². The predicted molar refractivity (Wildman–Crippen MR) is 81.9 cm³/mol. The topological polar surface area (TPSA) is 88.3 Å². The molecule has 0 aromatic carbocycles. The molecule has 0 amide bonds. The molecule has 1 aromatic rings. The lowest BCUT2D eigenvalue weighted by molar-refractivity contribution is 0.269. The first-order valence-electron chi connectivity index (χ1n) is 6.89. The van der Waals surface area contributed by atoms with Crippen molar-refractivity contribution in [3.63, 3.8) is 0 Å². The van der Waals surface area contributed by atoms with E-state index in [4.69, 9.17) is 10.6 Å². The lowest BCUT2D eigenvalue weighted by Gasteiger charge is -2.20. The molecule has 0 radical (unpaired) electrons. The first-order chi connectivity index (χ1) is 9.60. The Morgan fingerprint density at radius 2 is 2.00 bits per heavy atom. The molecule has 7 nitrogen and oxygen atoms in total. The molecule has 114 valence electrons. The first-order valence-corrected chi connectivity index (χ1v) is 6.89. The summed E-state index contributed by atoms with van der Waals surface area (Å²) in [5.74, 6) is 7.05. The molecule has 1 rings (SSSR count). The number of anilines is 2. The summed E-state index contributed by atoms with van der Waals surface area (Å²) in [7, 11) is 3.72. The molecule has 0 fully saturated rings. The third kappa shape index (κ3) is 4.82. The minimum atomic E-state index is 0.476. The molecule has 20 heavy (non-hydrogen) atoms. The number of ether oxygens (including phenoxy) is 1. The third-order valence-corrected chi connectivity index (χ3v) is 3.26. The van der Waals surface area contributed by atoms with Gasteiger partial charge in [-0.05, 0) is 40.3 Å². The second-order valence-electron chi connectivity index (χ2n) is 4.96. The van der Waals surface area contributed by atoms with E-state index in [1.165, 1.54) is 6.33 Å². The minimum absolute atomic E-state index is 0.476. The van der Waals surface area contributed by atoms with Gasteiger partial charge in [0.15, 0.2) is 11.6 Å². The summed E-state index contributed by atoms with van der Waals surface area (Å²) in [4.78, 5) is 10.5. The van der Waals surface area contributed by atoms with Gasteiger partial charge in [0.05, 0.1) is 7.11 Å². The molecule has 0 bridgehead atoms. The van der Waals surface area contributed by atoms with Crippen LogP contribution in [0.15, 0.2) is 6.33 Å². The summed E-state index contributed by atoms with van der Waals surface area (Å²) in [6.07, 6.45) is 3.65. The number of hydrogen-bond donors (Lipinski definition) is 3. The maximum absolute atomic E-state index is 5.38. The van der Waals surface area contributed by atoms with Crippen LogP contribution in [0.3, 0.4) is 0 Å². The third-order valence-electron chi connectivity index (χ3n) is 3.26. The van der Waals surface area contributed by atoms with Gasteiger partial charge in [-0.1, -0.05) is 0 Å². The molecule has 0 aliphatic rings. The van der Waals surface area contributed by atoms with Gasteiger partial charge in [0.2, 0.25) is 5.75 Å². The van der Waals surface area contributed by atoms with Crippen molar-refractivity contribution < 1.29 is 4.74 Å². The van der Waals surface area contributed by atoms with E-state index in [0.717, 1.165) is 25.9 Å². The molecular weight excluding hydrogens is 256 g/mol. The summed E-state index contributed by atoms with van der Waals surface area (Å²) in [6.45, 7) is 6.33. The van der Waals surface area contributed by atoms with Crippen LogP contribution in [0.1, 0.15) is 26.7 Å². The normalized spacial score (nSPS) is 10.9. The van der Waals surface area contributed by atoms with Gasteiger partial charge < -0.3 is 20.4 Å². The molecule has 0 saturated heterocycles. The number of unbranched alkanes of at least 4 members (excludes halogenated alkanes) is 1. The van der Waals surface area contributed by atoms with E-state index in [1.54, 1.807) is 7.11 Å². The first kappa shape index (κ1) is 16.5. The van der Waals surface area contributed by atoms with Crippen molar-refractivity contribution in [2.24, 2.45) is 5.84 Å². The average Bonchev–Trinajstić information content (AvgIpc) is 2.45. The van der Waals surface area contributed by atoms with Crippen molar-refractivity contribution in [1.29, 1.82) is 0 Å². The molecule has 7 heteroatoms. The second kappa shape index (κ2) is 8.55. The Hall–Kier alpha value is -1.60. The number of nitrogens with two attached hydrogens (primary N) is 1. The maximum Gasteiger partial charge on any atom is 0.205 e. The van der Waals surface area contributed by atoms with Crippen LogP contribution in [0.25, 0.3) is 0 Å². The number of rotatable bonds is 9. The Balaban J connectivity index is 2.39. The number of nitrogen functional groups attached to an aromatic ring is 1. The van der Waals surface area contributed by atoms with Crippen LogP contribution < -0.4 is 21.3 Å². The van der Waals surface area contributed by atoms with Crippen LogP contribution in [0.4, 0.5) is 11.6 Å². The van der Waals surface area contributed by atoms with E-state index in [-0.39, 0.29) is 0 Å². The molecule has 1 aromatic heterocycles. The Kier molecular flexibility index (Phi) is 7.03. The Labute approximate surface area is 120 Å². The highest BCUT2D eigenvalue weighted by atomic mass is 16.5. The molecule has 0 saturated carbocycles. The van der Waals surface area contributed by atoms with Crippen LogP contribution >= 0.6 is 0 Å². The van der Waals surface area contributed by atoms with Crippen LogP contribution in [-0.2, 0) is 0 Å². The molecule has 1 heterocycles. The largest absolute Gasteiger partial charge is 0.490 e. The molecule has 4 N–H and O–H groups in total. The van der Waals surface area contributed by atoms with Gasteiger partial charge >= 0.3 is 0 Å². The standard InChI is InChI=1S/C13H26N6O/c1-10(2)19(3)8-6-5-7-15-12-11(20-4)13(18-14)17-9-16-12/h9-10H,5-8,14H2,1-4H3,(H2,15,16,17,18). The van der Waals surface area contributed by atoms with Crippen molar-refractivity contribution in [2.45, 2.75) is 32.7 Å². The zero-order valence-electron chi connectivity index (χ0n) is 12.8. The SMILES string of the molecule is COc1c(NN)ncnc1NCCCCN(C)C(C)C. The number of hydrogen-bond acceptors (Lipinski definition) is 7. The fourth-order valence-electron chi connectivity index (χ4n) is 1.75. The molecule has 0 atom stereocenters. The highest BCUT2D eigenvalue weighted by Crippen LogP contribution is 2.27. The van der Waals surface area contributed by atoms with Gasteiger partial charge in [-0.3, -0.25) is 0 Å². The molecular formula is C13H26N6O. The van der Waals surface area contributed by atoms with Gasteiger partial charge in [-0.25, -0.2) is 15.8 Å². The van der Waals surface area contributed by atoms with Gasteiger partial charge in [0.25, 0.3) is 0 Å². The number of methoxy groups -OCH3 is 1. The number of hydrazine groups is 1. The van der Waals surface area contributed by atoms with E-state index in [2.05, 4.69) is 46.5 Å². The summed E-state index contributed by atoms with van der Waals surface area (Å²) >= 11 is 0. The van der Waals surface area contributed by atoms with Crippen molar-refractivity contribution >= 4 is 11.6 Å². The zero-order chi connectivity index (χ0) is 15.0.